The summed E-state index contributed by atoms with van der Waals surface area (Å²) in [5.41, 5.74) is 0.733. The number of aromatic nitrogens is 4. The third-order valence-corrected chi connectivity index (χ3v) is 1.61. The van der Waals surface area contributed by atoms with Crippen molar-refractivity contribution in [3.8, 4) is 11.5 Å². The molecule has 0 aliphatic rings. The highest BCUT2D eigenvalue weighted by atomic mass is 35.5. The molecule has 0 aromatic carbocycles. The molecule has 1 N–H and O–H groups in total. The highest BCUT2D eigenvalue weighted by Gasteiger charge is 2.00. The number of nitrogens with zero attached hydrogens (tertiary/aromatic N) is 3. The van der Waals surface area contributed by atoms with Crippen LogP contribution in [0.15, 0.2) is 24.7 Å². The predicted molar refractivity (Wildman–Crippen MR) is 44.6 cm³/mol. The van der Waals surface area contributed by atoms with Crippen molar-refractivity contribution in [3.05, 3.63) is 29.7 Å². The van der Waals surface area contributed by atoms with Gasteiger partial charge in [0.2, 0.25) is 0 Å². The van der Waals surface area contributed by atoms with Crippen LogP contribution in [0.4, 0.5) is 0 Å². The van der Waals surface area contributed by atoms with Crippen LogP contribution in [0.3, 0.4) is 0 Å². The minimum absolute atomic E-state index is 0.610. The van der Waals surface area contributed by atoms with Crippen LogP contribution in [0.1, 0.15) is 0 Å². The van der Waals surface area contributed by atoms with Crippen LogP contribution >= 0.6 is 11.6 Å². The van der Waals surface area contributed by atoms with Crippen LogP contribution in [0.2, 0.25) is 5.02 Å². The monoisotopic (exact) mass is 180 g/mol. The molecule has 0 atom stereocenters. The fraction of sp³-hybridized carbons (Fsp3) is 0. The predicted octanol–water partition coefficient (Wildman–Crippen LogP) is 1.52. The van der Waals surface area contributed by atoms with Gasteiger partial charge in [-0.25, -0.2) is 4.98 Å². The summed E-state index contributed by atoms with van der Waals surface area (Å²) in [4.78, 5) is 8.00. The Balaban J connectivity index is 2.43. The van der Waals surface area contributed by atoms with Gasteiger partial charge in [0.25, 0.3) is 0 Å². The van der Waals surface area contributed by atoms with Gasteiger partial charge in [0.05, 0.1) is 5.02 Å². The van der Waals surface area contributed by atoms with Crippen molar-refractivity contribution in [2.24, 2.45) is 0 Å². The lowest BCUT2D eigenvalue weighted by Gasteiger charge is -1.93. The van der Waals surface area contributed by atoms with E-state index in [0.29, 0.717) is 10.8 Å². The van der Waals surface area contributed by atoms with E-state index >= 15 is 0 Å². The molecular formula is C7H5ClN4. The summed E-state index contributed by atoms with van der Waals surface area (Å²) in [7, 11) is 0. The number of halogens is 1. The molecule has 0 radical (unpaired) electrons. The second kappa shape index (κ2) is 2.91. The third kappa shape index (κ3) is 1.29. The van der Waals surface area contributed by atoms with Crippen LogP contribution in [-0.4, -0.2) is 20.2 Å². The van der Waals surface area contributed by atoms with Crippen molar-refractivity contribution in [3.63, 3.8) is 0 Å². The van der Waals surface area contributed by atoms with Crippen molar-refractivity contribution in [1.82, 2.24) is 20.2 Å². The summed E-state index contributed by atoms with van der Waals surface area (Å²) in [5, 5.41) is 7.03. The van der Waals surface area contributed by atoms with Gasteiger partial charge in [-0.3, -0.25) is 10.1 Å². The summed E-state index contributed by atoms with van der Waals surface area (Å²) in [5.74, 6) is 0.645. The number of pyridine rings is 1. The summed E-state index contributed by atoms with van der Waals surface area (Å²) in [6.07, 6.45) is 3.00. The second-order valence-corrected chi connectivity index (χ2v) is 2.63. The quantitative estimate of drug-likeness (QED) is 0.724. The first-order chi connectivity index (χ1) is 5.86. The van der Waals surface area contributed by atoms with Crippen LogP contribution in [-0.2, 0) is 0 Å². The maximum atomic E-state index is 5.66. The zero-order valence-corrected chi connectivity index (χ0v) is 6.78. The number of aromatic amines is 1. The minimum atomic E-state index is 0.610. The van der Waals surface area contributed by atoms with Gasteiger partial charge in [-0.1, -0.05) is 11.6 Å². The molecule has 0 aliphatic heterocycles. The lowest BCUT2D eigenvalue weighted by atomic mass is 10.3. The molecule has 2 aromatic heterocycles. The van der Waals surface area contributed by atoms with E-state index in [9.17, 15) is 0 Å². The normalized spacial score (nSPS) is 10.1. The largest absolute Gasteiger partial charge is 0.258 e. The Morgan fingerprint density at radius 2 is 2.17 bits per heavy atom. The molecule has 60 valence electrons. The van der Waals surface area contributed by atoms with Gasteiger partial charge in [0.1, 0.15) is 12.0 Å². The molecule has 4 nitrogen and oxygen atoms in total. The standard InChI is InChI=1S/C7H5ClN4/c8-5-1-2-6(9-3-5)7-10-4-11-12-7/h1-4H,(H,10,11,12). The first-order valence-electron chi connectivity index (χ1n) is 3.33. The van der Waals surface area contributed by atoms with Gasteiger partial charge < -0.3 is 0 Å². The first-order valence-corrected chi connectivity index (χ1v) is 3.71. The molecule has 0 unspecified atom stereocenters. The molecule has 0 saturated carbocycles. The van der Waals surface area contributed by atoms with E-state index in [-0.39, 0.29) is 0 Å². The fourth-order valence-corrected chi connectivity index (χ4v) is 0.957. The molecule has 0 fully saturated rings. The summed E-state index contributed by atoms with van der Waals surface area (Å²) in [6, 6.07) is 3.54. The highest BCUT2D eigenvalue weighted by molar-refractivity contribution is 6.30. The van der Waals surface area contributed by atoms with Gasteiger partial charge >= 0.3 is 0 Å². The number of H-pyrrole nitrogens is 1. The van der Waals surface area contributed by atoms with E-state index in [4.69, 9.17) is 11.6 Å². The Kier molecular flexibility index (Phi) is 1.75. The number of hydrogen-bond donors (Lipinski definition) is 1. The molecular weight excluding hydrogens is 176 g/mol. The van der Waals surface area contributed by atoms with Crippen LogP contribution in [0.25, 0.3) is 11.5 Å². The average molecular weight is 181 g/mol. The van der Waals surface area contributed by atoms with Crippen molar-refractivity contribution in [2.45, 2.75) is 0 Å². The topological polar surface area (TPSA) is 54.5 Å². The van der Waals surface area contributed by atoms with Crippen molar-refractivity contribution < 1.29 is 0 Å². The Morgan fingerprint density at radius 3 is 2.75 bits per heavy atom. The molecule has 2 heterocycles. The van der Waals surface area contributed by atoms with E-state index < -0.39 is 0 Å². The molecule has 0 bridgehead atoms. The van der Waals surface area contributed by atoms with Crippen molar-refractivity contribution in [1.29, 1.82) is 0 Å². The Morgan fingerprint density at radius 1 is 1.25 bits per heavy atom. The minimum Gasteiger partial charge on any atom is -0.258 e. The van der Waals surface area contributed by atoms with E-state index in [1.165, 1.54) is 6.33 Å². The van der Waals surface area contributed by atoms with Crippen molar-refractivity contribution in [2.75, 3.05) is 0 Å². The maximum Gasteiger partial charge on any atom is 0.174 e. The molecule has 2 aromatic rings. The van der Waals surface area contributed by atoms with Crippen LogP contribution in [0.5, 0.6) is 0 Å². The lowest BCUT2D eigenvalue weighted by Crippen LogP contribution is -1.84. The molecule has 5 heteroatoms. The first kappa shape index (κ1) is 7.24. The second-order valence-electron chi connectivity index (χ2n) is 2.20. The Hall–Kier alpha value is -1.42. The summed E-state index contributed by atoms with van der Waals surface area (Å²) in [6.45, 7) is 0. The smallest absolute Gasteiger partial charge is 0.174 e. The van der Waals surface area contributed by atoms with Gasteiger partial charge in [0.15, 0.2) is 5.82 Å². The zero-order valence-electron chi connectivity index (χ0n) is 6.03. The number of rotatable bonds is 1. The summed E-state index contributed by atoms with van der Waals surface area (Å²) >= 11 is 5.66. The van der Waals surface area contributed by atoms with Gasteiger partial charge in [-0.15, -0.1) is 0 Å². The number of nitrogens with one attached hydrogen (secondary N) is 1. The van der Waals surface area contributed by atoms with Gasteiger partial charge in [-0.2, -0.15) is 5.10 Å². The van der Waals surface area contributed by atoms with Gasteiger partial charge in [-0.05, 0) is 12.1 Å². The SMILES string of the molecule is Clc1ccc(-c2ncn[nH]2)nc1. The molecule has 0 aliphatic carbocycles. The maximum absolute atomic E-state index is 5.66. The molecule has 0 saturated heterocycles. The Labute approximate surface area is 73.6 Å². The van der Waals surface area contributed by atoms with E-state index in [1.54, 1.807) is 18.3 Å². The lowest BCUT2D eigenvalue weighted by molar-refractivity contribution is 1.09. The molecule has 12 heavy (non-hydrogen) atoms. The third-order valence-electron chi connectivity index (χ3n) is 1.39. The van der Waals surface area contributed by atoms with Crippen LogP contribution < -0.4 is 0 Å². The Bertz CT molecular complexity index is 353. The summed E-state index contributed by atoms with van der Waals surface area (Å²) < 4.78 is 0. The number of hydrogen-bond acceptors (Lipinski definition) is 3. The highest BCUT2D eigenvalue weighted by Crippen LogP contribution is 2.12. The van der Waals surface area contributed by atoms with E-state index in [1.807, 2.05) is 0 Å². The van der Waals surface area contributed by atoms with E-state index in [2.05, 4.69) is 20.2 Å². The van der Waals surface area contributed by atoms with Gasteiger partial charge in [0, 0.05) is 6.20 Å². The van der Waals surface area contributed by atoms with Crippen molar-refractivity contribution >= 4 is 11.6 Å². The fourth-order valence-electron chi connectivity index (χ4n) is 0.845. The molecule has 0 spiro atoms. The molecule has 2 rings (SSSR count). The molecule has 0 amide bonds. The van der Waals surface area contributed by atoms with Crippen LogP contribution in [0, 0.1) is 0 Å². The van der Waals surface area contributed by atoms with E-state index in [0.717, 1.165) is 5.69 Å². The zero-order chi connectivity index (χ0) is 8.39. The average Bonchev–Trinajstić information content (AvgIpc) is 2.58.